The van der Waals surface area contributed by atoms with Crippen LogP contribution in [0.25, 0.3) is 0 Å². The third-order valence-corrected chi connectivity index (χ3v) is 15.7. The topological polar surface area (TPSA) is 78.9 Å². The number of hydrogen-bond acceptors (Lipinski definition) is 6. The van der Waals surface area contributed by atoms with Gasteiger partial charge in [0, 0.05) is 19.3 Å². The van der Waals surface area contributed by atoms with Gasteiger partial charge in [-0.05, 0) is 89.9 Å². The Bertz CT molecular complexity index is 1490. The summed E-state index contributed by atoms with van der Waals surface area (Å²) < 4.78 is 17.0. The van der Waals surface area contributed by atoms with E-state index < -0.39 is 6.10 Å². The summed E-state index contributed by atoms with van der Waals surface area (Å²) in [4.78, 5) is 38.4. The second kappa shape index (κ2) is 69.3. The molecule has 0 aromatic carbocycles. The zero-order valence-corrected chi connectivity index (χ0v) is 54.1. The quantitative estimate of drug-likeness (QED) is 0.0261. The van der Waals surface area contributed by atoms with Gasteiger partial charge in [0.25, 0.3) is 0 Å². The number of hydrogen-bond donors (Lipinski definition) is 0. The van der Waals surface area contributed by atoms with Crippen molar-refractivity contribution in [3.05, 3.63) is 72.9 Å². The van der Waals surface area contributed by atoms with Crippen LogP contribution in [0.4, 0.5) is 0 Å². The molecular weight excluding hydrogens is 997 g/mol. The van der Waals surface area contributed by atoms with Crippen molar-refractivity contribution in [3.63, 3.8) is 0 Å². The van der Waals surface area contributed by atoms with Crippen LogP contribution in [-0.2, 0) is 28.6 Å². The summed E-state index contributed by atoms with van der Waals surface area (Å²) in [5.74, 6) is -0.858. The van der Waals surface area contributed by atoms with Gasteiger partial charge in [-0.3, -0.25) is 14.4 Å². The second-order valence-corrected chi connectivity index (χ2v) is 23.8. The predicted molar refractivity (Wildman–Crippen MR) is 353 cm³/mol. The average Bonchev–Trinajstić information content (AvgIpc) is 3.47. The fraction of sp³-hybridized carbons (Fsp3) is 0.800. The van der Waals surface area contributed by atoms with Crippen LogP contribution in [0.2, 0.25) is 0 Å². The van der Waals surface area contributed by atoms with Crippen molar-refractivity contribution in [2.24, 2.45) is 0 Å². The molecule has 6 heteroatoms. The van der Waals surface area contributed by atoms with Gasteiger partial charge in [0.15, 0.2) is 6.10 Å². The summed E-state index contributed by atoms with van der Waals surface area (Å²) >= 11 is 0. The highest BCUT2D eigenvalue weighted by atomic mass is 16.6. The smallest absolute Gasteiger partial charge is 0.306 e. The Labute approximate surface area is 503 Å². The Hall–Kier alpha value is -3.15. The molecule has 0 N–H and O–H groups in total. The number of unbranched alkanes of at least 4 members (excludes halogenated alkanes) is 42. The highest BCUT2D eigenvalue weighted by molar-refractivity contribution is 5.71. The summed E-state index contributed by atoms with van der Waals surface area (Å²) in [6.07, 6.45) is 90.8. The van der Waals surface area contributed by atoms with Gasteiger partial charge in [0.2, 0.25) is 0 Å². The minimum atomic E-state index is -0.775. The van der Waals surface area contributed by atoms with Gasteiger partial charge >= 0.3 is 17.9 Å². The molecule has 470 valence electrons. The van der Waals surface area contributed by atoms with Crippen LogP contribution < -0.4 is 0 Å². The molecule has 0 heterocycles. The summed E-state index contributed by atoms with van der Waals surface area (Å²) in [6, 6.07) is 0. The van der Waals surface area contributed by atoms with Crippen LogP contribution in [0.1, 0.15) is 367 Å². The molecule has 0 amide bonds. The maximum atomic E-state index is 12.9. The largest absolute Gasteiger partial charge is 0.462 e. The van der Waals surface area contributed by atoms with E-state index in [9.17, 15) is 14.4 Å². The van der Waals surface area contributed by atoms with Crippen molar-refractivity contribution in [2.45, 2.75) is 374 Å². The first kappa shape index (κ1) is 77.9. The van der Waals surface area contributed by atoms with E-state index in [0.29, 0.717) is 19.3 Å². The van der Waals surface area contributed by atoms with Gasteiger partial charge in [0.1, 0.15) is 13.2 Å². The number of carbonyl (C=O) groups excluding carboxylic acids is 3. The van der Waals surface area contributed by atoms with Crippen molar-refractivity contribution in [3.8, 4) is 0 Å². The SMILES string of the molecule is CC/C=C\C/C=C\C/C=C\C/C=C\C/C=C\CCCCCCCCCCCCCCCCCCCC(=O)OCC(COC(=O)CCCCCCC/C=C\CCCCC)OC(=O)CCCCCCCCCCCCCCCCCCCC. The van der Waals surface area contributed by atoms with Crippen molar-refractivity contribution in [1.29, 1.82) is 0 Å². The molecule has 0 aromatic rings. The lowest BCUT2D eigenvalue weighted by Crippen LogP contribution is -2.30. The standard InChI is InChI=1S/C75H134O6/c1-4-7-10-13-16-19-22-25-27-29-31-32-33-34-35-36-37-38-39-40-41-42-43-44-45-47-48-50-53-56-59-62-65-68-74(77)80-71-72(70-79-73(76)67-64-61-58-55-52-24-21-18-15-12-9-6-3)81-75(78)69-66-63-60-57-54-51-49-46-30-28-26-23-20-17-14-11-8-5-2/h7,10,16,18-19,21,25,27,31-32,34-35,72H,4-6,8-9,11-15,17,20,22-24,26,28-30,33,36-71H2,1-3H3/b10-7-,19-16-,21-18-,27-25-,32-31-,35-34-. The monoisotopic (exact) mass is 1130 g/mol. The van der Waals surface area contributed by atoms with E-state index in [4.69, 9.17) is 14.2 Å². The van der Waals surface area contributed by atoms with Gasteiger partial charge in [-0.2, -0.15) is 0 Å². The molecule has 0 aliphatic carbocycles. The maximum absolute atomic E-state index is 12.9. The number of carbonyl (C=O) groups is 3. The van der Waals surface area contributed by atoms with Gasteiger partial charge in [-0.15, -0.1) is 0 Å². The first-order valence-corrected chi connectivity index (χ1v) is 35.4. The minimum Gasteiger partial charge on any atom is -0.462 e. The van der Waals surface area contributed by atoms with E-state index >= 15 is 0 Å². The lowest BCUT2D eigenvalue weighted by Gasteiger charge is -2.18. The molecule has 0 spiro atoms. The molecule has 1 unspecified atom stereocenters. The fourth-order valence-electron chi connectivity index (χ4n) is 10.4. The second-order valence-electron chi connectivity index (χ2n) is 23.8. The lowest BCUT2D eigenvalue weighted by atomic mass is 10.0. The Morgan fingerprint density at radius 3 is 0.790 bits per heavy atom. The normalized spacial score (nSPS) is 12.5. The zero-order chi connectivity index (χ0) is 58.5. The van der Waals surface area contributed by atoms with E-state index in [0.717, 1.165) is 96.3 Å². The van der Waals surface area contributed by atoms with Gasteiger partial charge < -0.3 is 14.2 Å². The Balaban J connectivity index is 4.14. The van der Waals surface area contributed by atoms with E-state index in [-0.39, 0.29) is 31.1 Å². The Morgan fingerprint density at radius 2 is 0.481 bits per heavy atom. The summed E-state index contributed by atoms with van der Waals surface area (Å²) in [5, 5.41) is 0. The molecule has 0 rings (SSSR count). The summed E-state index contributed by atoms with van der Waals surface area (Å²) in [6.45, 7) is 6.55. The third kappa shape index (κ3) is 67.5. The number of esters is 3. The van der Waals surface area contributed by atoms with Gasteiger partial charge in [-0.1, -0.05) is 331 Å². The van der Waals surface area contributed by atoms with Crippen LogP contribution in [-0.4, -0.2) is 37.2 Å². The Kier molecular flexibility index (Phi) is 66.6. The molecule has 0 radical (unpaired) electrons. The first-order valence-electron chi connectivity index (χ1n) is 35.4. The van der Waals surface area contributed by atoms with Gasteiger partial charge in [-0.25, -0.2) is 0 Å². The number of rotatable bonds is 65. The van der Waals surface area contributed by atoms with Crippen LogP contribution >= 0.6 is 0 Å². The molecule has 0 aromatic heterocycles. The maximum Gasteiger partial charge on any atom is 0.306 e. The molecule has 0 fully saturated rings. The molecule has 0 bridgehead atoms. The molecule has 0 aliphatic heterocycles. The van der Waals surface area contributed by atoms with Gasteiger partial charge in [0.05, 0.1) is 0 Å². The third-order valence-electron chi connectivity index (χ3n) is 15.7. The molecule has 81 heavy (non-hydrogen) atoms. The minimum absolute atomic E-state index is 0.0719. The van der Waals surface area contributed by atoms with Crippen molar-refractivity contribution >= 4 is 17.9 Å². The Morgan fingerprint density at radius 1 is 0.259 bits per heavy atom. The molecular formula is C75H134O6. The van der Waals surface area contributed by atoms with Crippen molar-refractivity contribution in [2.75, 3.05) is 13.2 Å². The highest BCUT2D eigenvalue weighted by Crippen LogP contribution is 2.18. The van der Waals surface area contributed by atoms with E-state index in [1.54, 1.807) is 0 Å². The molecule has 1 atom stereocenters. The van der Waals surface area contributed by atoms with Crippen molar-refractivity contribution < 1.29 is 28.6 Å². The van der Waals surface area contributed by atoms with E-state index in [1.165, 1.54) is 231 Å². The molecule has 0 saturated heterocycles. The van der Waals surface area contributed by atoms with Crippen molar-refractivity contribution in [1.82, 2.24) is 0 Å². The molecule has 6 nitrogen and oxygen atoms in total. The first-order chi connectivity index (χ1) is 40.0. The average molecular weight is 1130 g/mol. The summed E-state index contributed by atoms with van der Waals surface area (Å²) in [7, 11) is 0. The molecule has 0 aliphatic rings. The van der Waals surface area contributed by atoms with Crippen LogP contribution in [0.5, 0.6) is 0 Å². The summed E-state index contributed by atoms with van der Waals surface area (Å²) in [5.41, 5.74) is 0. The number of allylic oxidation sites excluding steroid dienone is 12. The lowest BCUT2D eigenvalue weighted by molar-refractivity contribution is -0.167. The number of ether oxygens (including phenoxy) is 3. The van der Waals surface area contributed by atoms with E-state index in [2.05, 4.69) is 93.7 Å². The predicted octanol–water partition coefficient (Wildman–Crippen LogP) is 24.4. The zero-order valence-electron chi connectivity index (χ0n) is 54.1. The van der Waals surface area contributed by atoms with Crippen LogP contribution in [0.15, 0.2) is 72.9 Å². The highest BCUT2D eigenvalue weighted by Gasteiger charge is 2.19. The van der Waals surface area contributed by atoms with Crippen LogP contribution in [0.3, 0.4) is 0 Å². The van der Waals surface area contributed by atoms with Crippen LogP contribution in [0, 0.1) is 0 Å². The van der Waals surface area contributed by atoms with E-state index in [1.807, 2.05) is 0 Å². The molecule has 0 saturated carbocycles. The fourth-order valence-corrected chi connectivity index (χ4v) is 10.4.